The number of nitriles is 1. The summed E-state index contributed by atoms with van der Waals surface area (Å²) in [7, 11) is 1.47. The molecule has 0 spiro atoms. The minimum absolute atomic E-state index is 0.0101. The van der Waals surface area contributed by atoms with E-state index in [-0.39, 0.29) is 32.2 Å². The first-order valence-electron chi connectivity index (χ1n) is 13.1. The molecule has 0 aliphatic rings. The van der Waals surface area contributed by atoms with Crippen LogP contribution in [-0.4, -0.2) is 43.9 Å². The molecule has 0 radical (unpaired) electrons. The molecule has 0 fully saturated rings. The SMILES string of the molecule is CCCCCCCCCCCCCCCCCC(=O)OCC(COP(O)(=S)OCCC#N)OC. The van der Waals surface area contributed by atoms with Gasteiger partial charge in [0.2, 0.25) is 0 Å². The highest BCUT2D eigenvalue weighted by Crippen LogP contribution is 2.43. The molecule has 1 N–H and O–H groups in total. The predicted molar refractivity (Wildman–Crippen MR) is 140 cm³/mol. The summed E-state index contributed by atoms with van der Waals surface area (Å²) >= 11 is 4.86. The number of hydrogen-bond donors (Lipinski definition) is 1. The number of methoxy groups -OCH3 is 1. The highest BCUT2D eigenvalue weighted by molar-refractivity contribution is 8.07. The molecular weight excluding hydrogens is 473 g/mol. The molecule has 0 bridgehead atoms. The standard InChI is InChI=1S/C25H48NO6PS/c1-3-4-5-6-7-8-9-10-11-12-13-14-15-16-17-19-25(27)30-22-24(29-2)23-32-33(28,34)31-21-18-20-26/h24H,3-19,21-23H2,1-2H3,(H,28,34). The smallest absolute Gasteiger partial charge is 0.324 e. The Kier molecular flexibility index (Phi) is 23.8. The highest BCUT2D eigenvalue weighted by atomic mass is 32.5. The zero-order valence-corrected chi connectivity index (χ0v) is 23.2. The highest BCUT2D eigenvalue weighted by Gasteiger charge is 2.19. The van der Waals surface area contributed by atoms with Gasteiger partial charge in [0.1, 0.15) is 12.7 Å². The Morgan fingerprint density at radius 3 is 1.85 bits per heavy atom. The lowest BCUT2D eigenvalue weighted by atomic mass is 10.0. The third kappa shape index (κ3) is 23.2. The van der Waals surface area contributed by atoms with E-state index in [9.17, 15) is 9.69 Å². The lowest BCUT2D eigenvalue weighted by Crippen LogP contribution is -2.25. The minimum Gasteiger partial charge on any atom is -0.463 e. The summed E-state index contributed by atoms with van der Waals surface area (Å²) in [5.74, 6) is -0.259. The molecule has 0 amide bonds. The molecule has 0 heterocycles. The van der Waals surface area contributed by atoms with E-state index in [4.69, 9.17) is 35.6 Å². The number of esters is 1. The van der Waals surface area contributed by atoms with Crippen LogP contribution < -0.4 is 0 Å². The Morgan fingerprint density at radius 2 is 1.38 bits per heavy atom. The second kappa shape index (κ2) is 24.2. The van der Waals surface area contributed by atoms with Crippen LogP contribution in [0.5, 0.6) is 0 Å². The number of nitrogens with zero attached hydrogens (tertiary/aromatic N) is 1. The Balaban J connectivity index is 3.57. The monoisotopic (exact) mass is 521 g/mol. The molecule has 200 valence electrons. The molecule has 0 saturated carbocycles. The third-order valence-electron chi connectivity index (χ3n) is 5.64. The van der Waals surface area contributed by atoms with Gasteiger partial charge in [-0.2, -0.15) is 5.26 Å². The van der Waals surface area contributed by atoms with E-state index in [1.807, 2.05) is 6.07 Å². The van der Waals surface area contributed by atoms with Gasteiger partial charge in [0.05, 0.1) is 25.7 Å². The van der Waals surface area contributed by atoms with Crippen LogP contribution >= 0.6 is 6.72 Å². The van der Waals surface area contributed by atoms with Gasteiger partial charge in [0, 0.05) is 13.5 Å². The first kappa shape index (κ1) is 33.4. The van der Waals surface area contributed by atoms with Crippen LogP contribution in [0.25, 0.3) is 0 Å². The Hall–Kier alpha value is -0.550. The summed E-state index contributed by atoms with van der Waals surface area (Å²) < 4.78 is 20.6. The molecule has 0 aliphatic heterocycles. The topological polar surface area (TPSA) is 98.0 Å². The lowest BCUT2D eigenvalue weighted by Gasteiger charge is -2.19. The number of carbonyl (C=O) groups is 1. The van der Waals surface area contributed by atoms with E-state index < -0.39 is 12.8 Å². The van der Waals surface area contributed by atoms with Gasteiger partial charge >= 0.3 is 12.7 Å². The van der Waals surface area contributed by atoms with Gasteiger partial charge in [-0.05, 0) is 18.2 Å². The summed E-state index contributed by atoms with van der Waals surface area (Å²) in [5.41, 5.74) is 0. The zero-order chi connectivity index (χ0) is 25.3. The predicted octanol–water partition coefficient (Wildman–Crippen LogP) is 6.97. The zero-order valence-electron chi connectivity index (χ0n) is 21.5. The van der Waals surface area contributed by atoms with Gasteiger partial charge in [-0.1, -0.05) is 96.8 Å². The van der Waals surface area contributed by atoms with Gasteiger partial charge in [-0.3, -0.25) is 4.79 Å². The molecule has 0 aromatic heterocycles. The quantitative estimate of drug-likeness (QED) is 0.0781. The average molecular weight is 522 g/mol. The van der Waals surface area contributed by atoms with E-state index in [2.05, 4.69) is 6.92 Å². The largest absolute Gasteiger partial charge is 0.463 e. The Bertz CT molecular complexity index is 572. The fourth-order valence-electron chi connectivity index (χ4n) is 3.50. The van der Waals surface area contributed by atoms with Crippen LogP contribution in [-0.2, 0) is 35.1 Å². The molecule has 2 unspecified atom stereocenters. The third-order valence-corrected chi connectivity index (χ3v) is 7.26. The van der Waals surface area contributed by atoms with E-state index in [1.54, 1.807) is 0 Å². The molecule has 0 saturated heterocycles. The van der Waals surface area contributed by atoms with E-state index >= 15 is 0 Å². The Morgan fingerprint density at radius 1 is 0.882 bits per heavy atom. The van der Waals surface area contributed by atoms with Crippen molar-refractivity contribution < 1.29 is 28.2 Å². The van der Waals surface area contributed by atoms with Gasteiger partial charge in [-0.15, -0.1) is 0 Å². The van der Waals surface area contributed by atoms with E-state index in [1.165, 1.54) is 84.2 Å². The van der Waals surface area contributed by atoms with Crippen LogP contribution in [0.2, 0.25) is 0 Å². The number of unbranched alkanes of at least 4 members (excludes halogenated alkanes) is 14. The van der Waals surface area contributed by atoms with E-state index in [0.29, 0.717) is 6.42 Å². The molecule has 0 aromatic rings. The molecular formula is C25H48NO6PS. The number of carbonyl (C=O) groups excluding carboxylic acids is 1. The van der Waals surface area contributed by atoms with Crippen molar-refractivity contribution in [1.82, 2.24) is 0 Å². The first-order chi connectivity index (χ1) is 16.4. The van der Waals surface area contributed by atoms with Crippen LogP contribution in [0.15, 0.2) is 0 Å². The average Bonchev–Trinajstić information content (AvgIpc) is 2.81. The first-order valence-corrected chi connectivity index (χ1v) is 15.7. The number of hydrogen-bond acceptors (Lipinski definition) is 7. The van der Waals surface area contributed by atoms with Gasteiger partial charge in [0.25, 0.3) is 0 Å². The normalized spacial score (nSPS) is 13.8. The maximum absolute atomic E-state index is 11.9. The van der Waals surface area contributed by atoms with E-state index in [0.717, 1.165) is 19.3 Å². The van der Waals surface area contributed by atoms with Crippen LogP contribution in [0.3, 0.4) is 0 Å². The van der Waals surface area contributed by atoms with Crippen molar-refractivity contribution in [3.8, 4) is 6.07 Å². The van der Waals surface area contributed by atoms with Crippen molar-refractivity contribution in [3.63, 3.8) is 0 Å². The van der Waals surface area contributed by atoms with Crippen molar-refractivity contribution in [2.75, 3.05) is 26.9 Å². The maximum atomic E-state index is 11.9. The lowest BCUT2D eigenvalue weighted by molar-refractivity contribution is -0.148. The molecule has 0 aliphatic carbocycles. The van der Waals surface area contributed by atoms with Crippen LogP contribution in [0.1, 0.15) is 116 Å². The second-order valence-electron chi connectivity index (χ2n) is 8.75. The van der Waals surface area contributed by atoms with Crippen molar-refractivity contribution in [3.05, 3.63) is 0 Å². The molecule has 9 heteroatoms. The van der Waals surface area contributed by atoms with Crippen LogP contribution in [0, 0.1) is 11.3 Å². The molecule has 0 aromatic carbocycles. The molecule has 2 atom stereocenters. The van der Waals surface area contributed by atoms with Crippen molar-refractivity contribution in [1.29, 1.82) is 5.26 Å². The second-order valence-corrected chi connectivity index (χ2v) is 11.6. The molecule has 0 rings (SSSR count). The van der Waals surface area contributed by atoms with Crippen molar-refractivity contribution in [2.45, 2.75) is 122 Å². The molecule has 34 heavy (non-hydrogen) atoms. The summed E-state index contributed by atoms with van der Waals surface area (Å²) in [6.07, 6.45) is 19.3. The van der Waals surface area contributed by atoms with Gasteiger partial charge in [-0.25, -0.2) is 0 Å². The fourth-order valence-corrected chi connectivity index (χ4v) is 4.66. The number of rotatable bonds is 25. The van der Waals surface area contributed by atoms with Gasteiger partial charge in [0.15, 0.2) is 0 Å². The van der Waals surface area contributed by atoms with Crippen molar-refractivity contribution >= 4 is 24.5 Å². The summed E-state index contributed by atoms with van der Waals surface area (Å²) in [6, 6.07) is 1.89. The number of ether oxygens (including phenoxy) is 2. The summed E-state index contributed by atoms with van der Waals surface area (Å²) in [6.45, 7) is -1.17. The fraction of sp³-hybridized carbons (Fsp3) is 0.920. The maximum Gasteiger partial charge on any atom is 0.324 e. The van der Waals surface area contributed by atoms with Gasteiger partial charge < -0.3 is 23.4 Å². The van der Waals surface area contributed by atoms with Crippen LogP contribution in [0.4, 0.5) is 0 Å². The Labute approximate surface area is 213 Å². The molecule has 7 nitrogen and oxygen atoms in total. The summed E-state index contributed by atoms with van der Waals surface area (Å²) in [4.78, 5) is 21.8. The minimum atomic E-state index is -3.42. The van der Waals surface area contributed by atoms with Crippen molar-refractivity contribution in [2.24, 2.45) is 0 Å². The summed E-state index contributed by atoms with van der Waals surface area (Å²) in [5, 5.41) is 8.48.